The highest BCUT2D eigenvalue weighted by Crippen LogP contribution is 2.22. The third-order valence-corrected chi connectivity index (χ3v) is 5.67. The molecule has 0 aromatic heterocycles. The van der Waals surface area contributed by atoms with Gasteiger partial charge in [0.1, 0.15) is 0 Å². The highest BCUT2D eigenvalue weighted by atomic mass is 32.2. The highest BCUT2D eigenvalue weighted by Gasteiger charge is 2.20. The molecule has 1 saturated heterocycles. The second-order valence-electron chi connectivity index (χ2n) is 7.04. The summed E-state index contributed by atoms with van der Waals surface area (Å²) in [6.45, 7) is 3.08. The molecule has 0 unspecified atom stereocenters. The van der Waals surface area contributed by atoms with E-state index < -0.39 is 10.0 Å². The van der Waals surface area contributed by atoms with Crippen LogP contribution < -0.4 is 10.2 Å². The Bertz CT molecular complexity index is 683. The third kappa shape index (κ3) is 6.59. The minimum Gasteiger partial charge on any atom is -0.372 e. The van der Waals surface area contributed by atoms with Gasteiger partial charge in [-0.25, -0.2) is 8.42 Å². The van der Waals surface area contributed by atoms with Crippen LogP contribution in [-0.2, 0) is 14.8 Å². The first-order valence-electron chi connectivity index (χ1n) is 9.00. The number of anilines is 2. The topological polar surface area (TPSA) is 73.0 Å². The fourth-order valence-corrected chi connectivity index (χ4v) is 3.83. The fourth-order valence-electron chi connectivity index (χ4n) is 3.02. The molecule has 0 bridgehead atoms. The smallest absolute Gasteiger partial charge is 0.239 e. The molecule has 0 saturated carbocycles. The van der Waals surface area contributed by atoms with E-state index in [9.17, 15) is 13.2 Å². The summed E-state index contributed by atoms with van der Waals surface area (Å²) in [6, 6.07) is 7.71. The lowest BCUT2D eigenvalue weighted by Crippen LogP contribution is -2.38. The van der Waals surface area contributed by atoms with E-state index >= 15 is 0 Å². The zero-order chi connectivity index (χ0) is 19.2. The maximum Gasteiger partial charge on any atom is 0.239 e. The molecule has 0 atom stereocenters. The lowest BCUT2D eigenvalue weighted by molar-refractivity contribution is -0.116. The molecule has 1 amide bonds. The first-order chi connectivity index (χ1) is 12.3. The van der Waals surface area contributed by atoms with E-state index in [0.29, 0.717) is 18.7 Å². The summed E-state index contributed by atoms with van der Waals surface area (Å²) in [4.78, 5) is 16.6. The molecule has 26 heavy (non-hydrogen) atoms. The normalized spacial score (nSPS) is 15.0. The van der Waals surface area contributed by atoms with Crippen LogP contribution in [0.1, 0.15) is 19.3 Å². The molecule has 1 N–H and O–H groups in total. The second-order valence-corrected chi connectivity index (χ2v) is 9.03. The average molecular weight is 383 g/mol. The van der Waals surface area contributed by atoms with Crippen LogP contribution >= 0.6 is 0 Å². The van der Waals surface area contributed by atoms with E-state index in [1.54, 1.807) is 0 Å². The van der Waals surface area contributed by atoms with Gasteiger partial charge in [0, 0.05) is 31.0 Å². The molecule has 0 radical (unpaired) electrons. The molecule has 0 spiro atoms. The minimum atomic E-state index is -3.42. The maximum atomic E-state index is 12.3. The Labute approximate surface area is 157 Å². The molecule has 146 valence electrons. The summed E-state index contributed by atoms with van der Waals surface area (Å²) in [5.41, 5.74) is 1.83. The molecule has 1 aliphatic heterocycles. The number of amides is 1. The van der Waals surface area contributed by atoms with Crippen molar-refractivity contribution >= 4 is 27.3 Å². The Morgan fingerprint density at radius 3 is 2.27 bits per heavy atom. The molecular formula is C18H30N4O3S. The summed E-state index contributed by atoms with van der Waals surface area (Å²) >= 11 is 0. The lowest BCUT2D eigenvalue weighted by Gasteiger charge is -2.21. The van der Waals surface area contributed by atoms with E-state index in [0.717, 1.165) is 31.6 Å². The van der Waals surface area contributed by atoms with Crippen molar-refractivity contribution in [1.29, 1.82) is 0 Å². The quantitative estimate of drug-likeness (QED) is 0.700. The van der Waals surface area contributed by atoms with E-state index in [1.165, 1.54) is 17.1 Å². The number of rotatable bonds is 9. The molecular weight excluding hydrogens is 352 g/mol. The second kappa shape index (κ2) is 9.34. The van der Waals surface area contributed by atoms with Crippen LogP contribution in [0.3, 0.4) is 0 Å². The van der Waals surface area contributed by atoms with Gasteiger partial charge in [-0.3, -0.25) is 4.79 Å². The fraction of sp³-hybridized carbons (Fsp3) is 0.611. The van der Waals surface area contributed by atoms with Crippen molar-refractivity contribution in [2.45, 2.75) is 19.3 Å². The number of benzene rings is 1. The van der Waals surface area contributed by atoms with E-state index in [4.69, 9.17) is 0 Å². The Kier molecular flexibility index (Phi) is 7.43. The third-order valence-electron chi connectivity index (χ3n) is 4.42. The van der Waals surface area contributed by atoms with Crippen LogP contribution in [0, 0.1) is 0 Å². The number of sulfonamides is 1. The first kappa shape index (κ1) is 20.7. The van der Waals surface area contributed by atoms with Crippen molar-refractivity contribution in [3.63, 3.8) is 0 Å². The Morgan fingerprint density at radius 1 is 1.12 bits per heavy atom. The van der Waals surface area contributed by atoms with Crippen LogP contribution in [0.4, 0.5) is 11.4 Å². The van der Waals surface area contributed by atoms with Crippen molar-refractivity contribution < 1.29 is 13.2 Å². The number of carbonyl (C=O) groups is 1. The Balaban J connectivity index is 1.90. The SMILES string of the molecule is CN(C)CCCN(CC(=O)Nc1ccc(N2CCCC2)cc1)S(C)(=O)=O. The minimum absolute atomic E-state index is 0.167. The highest BCUT2D eigenvalue weighted by molar-refractivity contribution is 7.88. The summed E-state index contributed by atoms with van der Waals surface area (Å²) in [6.07, 6.45) is 4.25. The molecule has 0 aliphatic carbocycles. The standard InChI is InChI=1S/C18H30N4O3S/c1-20(2)11-6-14-22(26(3,24)25)15-18(23)19-16-7-9-17(10-8-16)21-12-4-5-13-21/h7-10H,4-6,11-15H2,1-3H3,(H,19,23). The first-order valence-corrected chi connectivity index (χ1v) is 10.9. The van der Waals surface area contributed by atoms with Gasteiger partial charge in [0.2, 0.25) is 15.9 Å². The zero-order valence-corrected chi connectivity index (χ0v) is 16.8. The molecule has 1 heterocycles. The van der Waals surface area contributed by atoms with Gasteiger partial charge in [-0.1, -0.05) is 0 Å². The van der Waals surface area contributed by atoms with Gasteiger partial charge in [0.05, 0.1) is 12.8 Å². The average Bonchev–Trinajstić information content (AvgIpc) is 3.08. The van der Waals surface area contributed by atoms with Gasteiger partial charge in [-0.05, 0) is 64.2 Å². The molecule has 1 aromatic rings. The van der Waals surface area contributed by atoms with Gasteiger partial charge in [0.25, 0.3) is 0 Å². The number of nitrogens with zero attached hydrogens (tertiary/aromatic N) is 3. The van der Waals surface area contributed by atoms with Gasteiger partial charge in [-0.2, -0.15) is 4.31 Å². The summed E-state index contributed by atoms with van der Waals surface area (Å²) < 4.78 is 25.1. The van der Waals surface area contributed by atoms with Gasteiger partial charge < -0.3 is 15.1 Å². The van der Waals surface area contributed by atoms with Crippen LogP contribution in [0.5, 0.6) is 0 Å². The largest absolute Gasteiger partial charge is 0.372 e. The molecule has 1 aromatic carbocycles. The summed E-state index contributed by atoms with van der Waals surface area (Å²) in [7, 11) is 0.447. The van der Waals surface area contributed by atoms with Crippen molar-refractivity contribution in [3.8, 4) is 0 Å². The number of hydrogen-bond acceptors (Lipinski definition) is 5. The molecule has 1 aliphatic rings. The summed E-state index contributed by atoms with van der Waals surface area (Å²) in [5, 5.41) is 2.79. The number of nitrogens with one attached hydrogen (secondary N) is 1. The van der Waals surface area contributed by atoms with Gasteiger partial charge in [-0.15, -0.1) is 0 Å². The molecule has 1 fully saturated rings. The Morgan fingerprint density at radius 2 is 1.73 bits per heavy atom. The number of carbonyl (C=O) groups excluding carboxylic acids is 1. The van der Waals surface area contributed by atoms with Crippen molar-refractivity contribution in [3.05, 3.63) is 24.3 Å². The van der Waals surface area contributed by atoms with Gasteiger partial charge >= 0.3 is 0 Å². The van der Waals surface area contributed by atoms with Crippen molar-refractivity contribution in [2.75, 3.05) is 63.3 Å². The lowest BCUT2D eigenvalue weighted by atomic mass is 10.2. The van der Waals surface area contributed by atoms with E-state index in [2.05, 4.69) is 10.2 Å². The molecule has 7 nitrogen and oxygen atoms in total. The monoisotopic (exact) mass is 382 g/mol. The van der Waals surface area contributed by atoms with E-state index in [1.807, 2.05) is 43.3 Å². The predicted molar refractivity (Wildman–Crippen MR) is 106 cm³/mol. The van der Waals surface area contributed by atoms with Crippen molar-refractivity contribution in [1.82, 2.24) is 9.21 Å². The number of hydrogen-bond donors (Lipinski definition) is 1. The maximum absolute atomic E-state index is 12.3. The van der Waals surface area contributed by atoms with Crippen LogP contribution in [-0.4, -0.2) is 76.6 Å². The zero-order valence-electron chi connectivity index (χ0n) is 15.9. The van der Waals surface area contributed by atoms with E-state index in [-0.39, 0.29) is 12.5 Å². The van der Waals surface area contributed by atoms with Crippen LogP contribution in [0.25, 0.3) is 0 Å². The Hall–Kier alpha value is -1.64. The molecule has 8 heteroatoms. The van der Waals surface area contributed by atoms with Gasteiger partial charge in [0.15, 0.2) is 0 Å². The van der Waals surface area contributed by atoms with Crippen LogP contribution in [0.2, 0.25) is 0 Å². The van der Waals surface area contributed by atoms with Crippen LogP contribution in [0.15, 0.2) is 24.3 Å². The van der Waals surface area contributed by atoms with Crippen molar-refractivity contribution in [2.24, 2.45) is 0 Å². The predicted octanol–water partition coefficient (Wildman–Crippen LogP) is 1.44. The molecule has 2 rings (SSSR count). The summed E-state index contributed by atoms with van der Waals surface area (Å²) in [5.74, 6) is -0.325.